The molecule has 8 nitrogen and oxygen atoms in total. The van der Waals surface area contributed by atoms with E-state index in [1.807, 2.05) is 6.07 Å². The fourth-order valence-electron chi connectivity index (χ4n) is 2.63. The van der Waals surface area contributed by atoms with Crippen LogP contribution in [0.3, 0.4) is 0 Å². The monoisotopic (exact) mass is 387 g/mol. The minimum absolute atomic E-state index is 0.137. The number of rotatable bonds is 5. The largest absolute Gasteiger partial charge is 0.465 e. The number of nitrogens with zero attached hydrogens (tertiary/aromatic N) is 3. The van der Waals surface area contributed by atoms with Gasteiger partial charge in [-0.3, -0.25) is 4.79 Å². The molecule has 0 atom stereocenters. The van der Waals surface area contributed by atoms with Crippen molar-refractivity contribution in [1.82, 2.24) is 9.97 Å². The van der Waals surface area contributed by atoms with E-state index >= 15 is 0 Å². The van der Waals surface area contributed by atoms with Gasteiger partial charge in [0.15, 0.2) is 0 Å². The average Bonchev–Trinajstić information content (AvgIpc) is 2.73. The molecule has 0 fully saturated rings. The van der Waals surface area contributed by atoms with Crippen LogP contribution in [0.2, 0.25) is 0 Å². The summed E-state index contributed by atoms with van der Waals surface area (Å²) in [6.07, 6.45) is 0. The van der Waals surface area contributed by atoms with Gasteiger partial charge in [-0.15, -0.1) is 0 Å². The van der Waals surface area contributed by atoms with Crippen molar-refractivity contribution in [2.75, 3.05) is 17.7 Å². The van der Waals surface area contributed by atoms with Gasteiger partial charge in [0.25, 0.3) is 5.91 Å². The molecule has 0 saturated carbocycles. The van der Waals surface area contributed by atoms with Gasteiger partial charge in [0.05, 0.1) is 30.0 Å². The molecule has 1 amide bonds. The highest BCUT2D eigenvalue weighted by atomic mass is 16.5. The first kappa shape index (κ1) is 19.5. The molecular formula is C21H17N5O3. The third-order valence-corrected chi connectivity index (χ3v) is 3.92. The molecule has 3 aromatic rings. The summed E-state index contributed by atoms with van der Waals surface area (Å²) in [6.45, 7) is 1.66. The predicted molar refractivity (Wildman–Crippen MR) is 107 cm³/mol. The van der Waals surface area contributed by atoms with E-state index < -0.39 is 11.9 Å². The van der Waals surface area contributed by atoms with Crippen molar-refractivity contribution in [3.8, 4) is 6.07 Å². The van der Waals surface area contributed by atoms with Gasteiger partial charge in [0, 0.05) is 11.8 Å². The summed E-state index contributed by atoms with van der Waals surface area (Å²) in [5.74, 6) is -0.213. The number of carbonyl (C=O) groups is 2. The Labute approximate surface area is 167 Å². The van der Waals surface area contributed by atoms with Gasteiger partial charge < -0.3 is 15.4 Å². The molecule has 2 aromatic carbocycles. The summed E-state index contributed by atoms with van der Waals surface area (Å²) in [4.78, 5) is 33.0. The Morgan fingerprint density at radius 2 is 1.86 bits per heavy atom. The molecule has 2 N–H and O–H groups in total. The van der Waals surface area contributed by atoms with Crippen LogP contribution in [0.25, 0.3) is 0 Å². The molecule has 0 radical (unpaired) electrons. The van der Waals surface area contributed by atoms with Gasteiger partial charge in [0.1, 0.15) is 17.3 Å². The van der Waals surface area contributed by atoms with Gasteiger partial charge in [-0.05, 0) is 37.3 Å². The van der Waals surface area contributed by atoms with Crippen molar-refractivity contribution in [2.45, 2.75) is 6.92 Å². The maximum Gasteiger partial charge on any atom is 0.339 e. The van der Waals surface area contributed by atoms with Crippen LogP contribution < -0.4 is 10.6 Å². The van der Waals surface area contributed by atoms with Gasteiger partial charge >= 0.3 is 5.97 Å². The number of aryl methyl sites for hydroxylation is 1. The van der Waals surface area contributed by atoms with E-state index in [1.165, 1.54) is 13.2 Å². The lowest BCUT2D eigenvalue weighted by Crippen LogP contribution is -2.15. The Morgan fingerprint density at radius 1 is 1.07 bits per heavy atom. The maximum absolute atomic E-state index is 12.6. The molecule has 0 spiro atoms. The van der Waals surface area contributed by atoms with Gasteiger partial charge in [0.2, 0.25) is 0 Å². The minimum Gasteiger partial charge on any atom is -0.465 e. The Morgan fingerprint density at radius 3 is 2.62 bits per heavy atom. The number of benzene rings is 2. The smallest absolute Gasteiger partial charge is 0.339 e. The zero-order valence-corrected chi connectivity index (χ0v) is 15.8. The maximum atomic E-state index is 12.6. The van der Waals surface area contributed by atoms with Crippen LogP contribution in [-0.4, -0.2) is 29.0 Å². The van der Waals surface area contributed by atoms with Crippen LogP contribution in [0, 0.1) is 18.3 Å². The van der Waals surface area contributed by atoms with Crippen LogP contribution in [-0.2, 0) is 4.74 Å². The standard InChI is InChI=1S/C21H17N5O3/c1-13-23-18(20(27)25-15-7-5-6-14(10-15)12-22)11-19(24-13)26-17-9-4-3-8-16(17)21(28)29-2/h3-11H,1-2H3,(H,25,27)(H,23,24,26). The molecule has 0 aliphatic carbocycles. The van der Waals surface area contributed by atoms with E-state index in [-0.39, 0.29) is 5.69 Å². The van der Waals surface area contributed by atoms with Crippen molar-refractivity contribution in [3.63, 3.8) is 0 Å². The van der Waals surface area contributed by atoms with Gasteiger partial charge in [-0.2, -0.15) is 5.26 Å². The third kappa shape index (κ3) is 4.73. The molecular weight excluding hydrogens is 370 g/mol. The number of esters is 1. The Kier molecular flexibility index (Phi) is 5.80. The minimum atomic E-state index is -0.491. The summed E-state index contributed by atoms with van der Waals surface area (Å²) in [5, 5.41) is 14.7. The molecule has 1 aromatic heterocycles. The van der Waals surface area contributed by atoms with Crippen molar-refractivity contribution in [2.24, 2.45) is 0 Å². The van der Waals surface area contributed by atoms with Crippen LogP contribution in [0.4, 0.5) is 17.2 Å². The van der Waals surface area contributed by atoms with Crippen molar-refractivity contribution < 1.29 is 14.3 Å². The highest BCUT2D eigenvalue weighted by Gasteiger charge is 2.14. The van der Waals surface area contributed by atoms with Crippen LogP contribution >= 0.6 is 0 Å². The van der Waals surface area contributed by atoms with Crippen molar-refractivity contribution in [1.29, 1.82) is 5.26 Å². The summed E-state index contributed by atoms with van der Waals surface area (Å²) < 4.78 is 4.79. The van der Waals surface area contributed by atoms with E-state index in [1.54, 1.807) is 55.5 Å². The molecule has 144 valence electrons. The Bertz CT molecular complexity index is 1120. The van der Waals surface area contributed by atoms with E-state index in [9.17, 15) is 9.59 Å². The molecule has 0 bridgehead atoms. The van der Waals surface area contributed by atoms with Gasteiger partial charge in [-0.25, -0.2) is 14.8 Å². The zero-order valence-electron chi connectivity index (χ0n) is 15.8. The first-order chi connectivity index (χ1) is 14.0. The number of hydrogen-bond donors (Lipinski definition) is 2. The highest BCUT2D eigenvalue weighted by molar-refractivity contribution is 6.03. The third-order valence-electron chi connectivity index (χ3n) is 3.92. The number of nitriles is 1. The number of aromatic nitrogens is 2. The Hall–Kier alpha value is -4.25. The Balaban J connectivity index is 1.86. The number of anilines is 3. The molecule has 8 heteroatoms. The molecule has 0 aliphatic heterocycles. The SMILES string of the molecule is COC(=O)c1ccccc1Nc1cc(C(=O)Nc2cccc(C#N)c2)nc(C)n1. The molecule has 3 rings (SSSR count). The molecule has 0 aliphatic rings. The second kappa shape index (κ2) is 8.63. The second-order valence-electron chi connectivity index (χ2n) is 5.99. The predicted octanol–water partition coefficient (Wildman–Crippen LogP) is 3.44. The normalized spacial score (nSPS) is 9.97. The number of ether oxygens (including phenoxy) is 1. The lowest BCUT2D eigenvalue weighted by Gasteiger charge is -2.12. The number of methoxy groups -OCH3 is 1. The summed E-state index contributed by atoms with van der Waals surface area (Å²) in [5.41, 5.74) is 1.88. The molecule has 1 heterocycles. The number of para-hydroxylation sites is 1. The zero-order chi connectivity index (χ0) is 20.8. The number of hydrogen-bond acceptors (Lipinski definition) is 7. The van der Waals surface area contributed by atoms with Crippen LogP contribution in [0.5, 0.6) is 0 Å². The van der Waals surface area contributed by atoms with E-state index in [4.69, 9.17) is 10.00 Å². The number of amides is 1. The topological polar surface area (TPSA) is 117 Å². The number of carbonyl (C=O) groups excluding carboxylic acids is 2. The average molecular weight is 387 g/mol. The highest BCUT2D eigenvalue weighted by Crippen LogP contribution is 2.21. The lowest BCUT2D eigenvalue weighted by atomic mass is 10.2. The summed E-state index contributed by atoms with van der Waals surface area (Å²) in [7, 11) is 1.30. The quantitative estimate of drug-likeness (QED) is 0.644. The van der Waals surface area contributed by atoms with E-state index in [2.05, 4.69) is 20.6 Å². The summed E-state index contributed by atoms with van der Waals surface area (Å²) >= 11 is 0. The molecule has 0 saturated heterocycles. The van der Waals surface area contributed by atoms with E-state index in [0.717, 1.165) is 0 Å². The first-order valence-electron chi connectivity index (χ1n) is 8.61. The van der Waals surface area contributed by atoms with E-state index in [0.29, 0.717) is 34.1 Å². The first-order valence-corrected chi connectivity index (χ1v) is 8.61. The van der Waals surface area contributed by atoms with Crippen molar-refractivity contribution >= 4 is 29.1 Å². The van der Waals surface area contributed by atoms with Gasteiger partial charge in [-0.1, -0.05) is 18.2 Å². The van der Waals surface area contributed by atoms with Crippen LogP contribution in [0.1, 0.15) is 32.2 Å². The fourth-order valence-corrected chi connectivity index (χ4v) is 2.63. The lowest BCUT2D eigenvalue weighted by molar-refractivity contribution is 0.0601. The van der Waals surface area contributed by atoms with Crippen LogP contribution in [0.15, 0.2) is 54.6 Å². The molecule has 29 heavy (non-hydrogen) atoms. The fraction of sp³-hybridized carbons (Fsp3) is 0.0952. The van der Waals surface area contributed by atoms with Crippen molar-refractivity contribution in [3.05, 3.63) is 77.2 Å². The molecule has 0 unspecified atom stereocenters. The second-order valence-corrected chi connectivity index (χ2v) is 5.99. The number of nitrogens with one attached hydrogen (secondary N) is 2. The summed E-state index contributed by atoms with van der Waals surface area (Å²) in [6, 6.07) is 16.9.